The topological polar surface area (TPSA) is 68.2 Å². The number of halogens is 3. The van der Waals surface area contributed by atoms with E-state index < -0.39 is 38.5 Å². The Kier molecular flexibility index (Phi) is 5.71. The first kappa shape index (κ1) is 22.0. The minimum Gasteiger partial charge on any atom is -0.345 e. The standard InChI is InChI=1S/C19H23F3N2O3S/c1-18(2,3)11-28(26,27)13-9-16(24(5)10-13)17(25)23-12-6-7-15(20)14(8-12)19(4,21)22/h6-10H,11H2,1-5H3,(H,23,25). The van der Waals surface area contributed by atoms with Crippen LogP contribution in [-0.4, -0.2) is 24.6 Å². The van der Waals surface area contributed by atoms with E-state index in [1.54, 1.807) is 20.8 Å². The molecule has 1 amide bonds. The molecule has 0 radical (unpaired) electrons. The number of carbonyl (C=O) groups excluding carboxylic acids is 1. The number of carbonyl (C=O) groups is 1. The molecule has 0 unspecified atom stereocenters. The number of rotatable bonds is 5. The summed E-state index contributed by atoms with van der Waals surface area (Å²) in [6, 6.07) is 4.08. The van der Waals surface area contributed by atoms with Crippen LogP contribution in [0.5, 0.6) is 0 Å². The maximum Gasteiger partial charge on any atom is 0.273 e. The molecule has 1 aromatic carbocycles. The Morgan fingerprint density at radius 3 is 2.29 bits per heavy atom. The molecule has 0 bridgehead atoms. The maximum atomic E-state index is 13.6. The van der Waals surface area contributed by atoms with E-state index in [1.165, 1.54) is 23.9 Å². The monoisotopic (exact) mass is 416 g/mol. The van der Waals surface area contributed by atoms with Crippen molar-refractivity contribution in [2.75, 3.05) is 11.1 Å². The summed E-state index contributed by atoms with van der Waals surface area (Å²) in [7, 11) is -2.11. The molecule has 0 saturated carbocycles. The van der Waals surface area contributed by atoms with Gasteiger partial charge in [0.25, 0.3) is 11.8 Å². The van der Waals surface area contributed by atoms with Gasteiger partial charge in [0, 0.05) is 25.9 Å². The second kappa shape index (κ2) is 7.27. The number of aromatic nitrogens is 1. The maximum absolute atomic E-state index is 13.6. The van der Waals surface area contributed by atoms with Gasteiger partial charge in [0.2, 0.25) is 0 Å². The molecule has 0 saturated heterocycles. The molecule has 0 fully saturated rings. The normalized spacial score (nSPS) is 12.9. The van der Waals surface area contributed by atoms with Crippen LogP contribution in [0.2, 0.25) is 0 Å². The van der Waals surface area contributed by atoms with Gasteiger partial charge in [-0.25, -0.2) is 21.6 Å². The molecular formula is C19H23F3N2O3S. The largest absolute Gasteiger partial charge is 0.345 e. The lowest BCUT2D eigenvalue weighted by Crippen LogP contribution is -2.20. The third-order valence-electron chi connectivity index (χ3n) is 3.89. The number of hydrogen-bond acceptors (Lipinski definition) is 3. The summed E-state index contributed by atoms with van der Waals surface area (Å²) in [6.07, 6.45) is 1.33. The zero-order valence-corrected chi connectivity index (χ0v) is 17.1. The lowest BCUT2D eigenvalue weighted by Gasteiger charge is -2.17. The molecule has 5 nitrogen and oxygen atoms in total. The van der Waals surface area contributed by atoms with Gasteiger partial charge in [-0.15, -0.1) is 0 Å². The van der Waals surface area contributed by atoms with E-state index in [2.05, 4.69) is 5.32 Å². The van der Waals surface area contributed by atoms with Crippen molar-refractivity contribution in [2.24, 2.45) is 12.5 Å². The summed E-state index contributed by atoms with van der Waals surface area (Å²) in [6.45, 7) is 5.92. The van der Waals surface area contributed by atoms with Gasteiger partial charge in [-0.1, -0.05) is 20.8 Å². The lowest BCUT2D eigenvalue weighted by atomic mass is 10.0. The molecule has 9 heteroatoms. The van der Waals surface area contributed by atoms with Gasteiger partial charge in [-0.3, -0.25) is 4.79 Å². The van der Waals surface area contributed by atoms with Crippen molar-refractivity contribution in [3.63, 3.8) is 0 Å². The molecular weight excluding hydrogens is 393 g/mol. The number of nitrogens with one attached hydrogen (secondary N) is 1. The summed E-state index contributed by atoms with van der Waals surface area (Å²) in [5.41, 5.74) is -1.30. The zero-order chi connectivity index (χ0) is 21.5. The minimum absolute atomic E-state index is 0.00467. The van der Waals surface area contributed by atoms with Gasteiger partial charge >= 0.3 is 0 Å². The first-order valence-electron chi connectivity index (χ1n) is 8.48. The van der Waals surface area contributed by atoms with Gasteiger partial charge in [0.1, 0.15) is 11.5 Å². The van der Waals surface area contributed by atoms with Crippen molar-refractivity contribution in [1.82, 2.24) is 4.57 Å². The van der Waals surface area contributed by atoms with Crippen LogP contribution in [0.15, 0.2) is 35.4 Å². The van der Waals surface area contributed by atoms with Crippen LogP contribution in [0.3, 0.4) is 0 Å². The number of alkyl halides is 2. The number of anilines is 1. The molecule has 1 heterocycles. The predicted molar refractivity (Wildman–Crippen MR) is 101 cm³/mol. The average molecular weight is 416 g/mol. The number of sulfone groups is 1. The highest BCUT2D eigenvalue weighted by Gasteiger charge is 2.29. The number of benzene rings is 1. The van der Waals surface area contributed by atoms with E-state index >= 15 is 0 Å². The Morgan fingerprint density at radius 1 is 1.14 bits per heavy atom. The Labute approximate surface area is 162 Å². The van der Waals surface area contributed by atoms with Crippen LogP contribution in [0.25, 0.3) is 0 Å². The first-order chi connectivity index (χ1) is 12.6. The fraction of sp³-hybridized carbons (Fsp3) is 0.421. The van der Waals surface area contributed by atoms with E-state index in [-0.39, 0.29) is 22.0 Å². The Bertz CT molecular complexity index is 1000. The third-order valence-corrected chi connectivity index (χ3v) is 6.08. The van der Waals surface area contributed by atoms with E-state index in [1.807, 2.05) is 0 Å². The second-order valence-corrected chi connectivity index (χ2v) is 10.0. The molecule has 1 aromatic heterocycles. The molecule has 2 rings (SSSR count). The highest BCUT2D eigenvalue weighted by molar-refractivity contribution is 7.91. The quantitative estimate of drug-likeness (QED) is 0.788. The lowest BCUT2D eigenvalue weighted by molar-refractivity contribution is 0.0138. The van der Waals surface area contributed by atoms with Gasteiger partial charge in [-0.2, -0.15) is 0 Å². The summed E-state index contributed by atoms with van der Waals surface area (Å²) < 4.78 is 66.9. The summed E-state index contributed by atoms with van der Waals surface area (Å²) in [5.74, 6) is -5.29. The molecule has 28 heavy (non-hydrogen) atoms. The van der Waals surface area contributed by atoms with Gasteiger partial charge in [0.15, 0.2) is 9.84 Å². The molecule has 0 atom stereocenters. The Morgan fingerprint density at radius 2 is 1.75 bits per heavy atom. The van der Waals surface area contributed by atoms with E-state index in [4.69, 9.17) is 0 Å². The van der Waals surface area contributed by atoms with Crippen molar-refractivity contribution in [1.29, 1.82) is 0 Å². The third kappa shape index (κ3) is 5.15. The van der Waals surface area contributed by atoms with E-state index in [0.29, 0.717) is 6.92 Å². The first-order valence-corrected chi connectivity index (χ1v) is 10.1. The van der Waals surface area contributed by atoms with Crippen LogP contribution in [0.1, 0.15) is 43.7 Å². The highest BCUT2D eigenvalue weighted by atomic mass is 32.2. The molecule has 0 aliphatic heterocycles. The van der Waals surface area contributed by atoms with Crippen molar-refractivity contribution >= 4 is 21.4 Å². The van der Waals surface area contributed by atoms with Crippen molar-refractivity contribution in [2.45, 2.75) is 38.5 Å². The Balaban J connectivity index is 2.31. The smallest absolute Gasteiger partial charge is 0.273 e. The Hall–Kier alpha value is -2.29. The molecule has 2 aromatic rings. The van der Waals surface area contributed by atoms with Crippen LogP contribution in [-0.2, 0) is 22.8 Å². The van der Waals surface area contributed by atoms with Crippen molar-refractivity contribution in [3.8, 4) is 0 Å². The fourth-order valence-corrected chi connectivity index (χ4v) is 4.63. The zero-order valence-electron chi connectivity index (χ0n) is 16.3. The summed E-state index contributed by atoms with van der Waals surface area (Å²) in [4.78, 5) is 12.5. The van der Waals surface area contributed by atoms with Crippen LogP contribution >= 0.6 is 0 Å². The molecule has 0 spiro atoms. The molecule has 0 aliphatic carbocycles. The van der Waals surface area contributed by atoms with Gasteiger partial charge in [0.05, 0.1) is 16.2 Å². The number of hydrogen-bond donors (Lipinski definition) is 1. The second-order valence-electron chi connectivity index (χ2n) is 8.03. The van der Waals surface area contributed by atoms with Crippen molar-refractivity contribution < 1.29 is 26.4 Å². The highest BCUT2D eigenvalue weighted by Crippen LogP contribution is 2.31. The summed E-state index contributed by atoms with van der Waals surface area (Å²) in [5, 5.41) is 2.40. The van der Waals surface area contributed by atoms with Crippen molar-refractivity contribution in [3.05, 3.63) is 47.5 Å². The predicted octanol–water partition coefficient (Wildman–Crippen LogP) is 4.35. The molecule has 1 N–H and O–H groups in total. The van der Waals surface area contributed by atoms with E-state index in [9.17, 15) is 26.4 Å². The minimum atomic E-state index is -3.61. The fourth-order valence-electron chi connectivity index (χ4n) is 2.72. The average Bonchev–Trinajstić information content (AvgIpc) is 2.88. The number of nitrogens with zero attached hydrogens (tertiary/aromatic N) is 1. The van der Waals surface area contributed by atoms with Crippen LogP contribution in [0, 0.1) is 11.2 Å². The molecule has 154 valence electrons. The van der Waals surface area contributed by atoms with E-state index in [0.717, 1.165) is 18.2 Å². The van der Waals surface area contributed by atoms with Crippen LogP contribution in [0.4, 0.5) is 18.9 Å². The number of amides is 1. The summed E-state index contributed by atoms with van der Waals surface area (Å²) >= 11 is 0. The molecule has 0 aliphatic rings. The SMILES string of the molecule is Cn1cc(S(=O)(=O)CC(C)(C)C)cc1C(=O)Nc1ccc(F)c(C(C)(F)F)c1. The van der Waals surface area contributed by atoms with Gasteiger partial charge in [-0.05, 0) is 29.7 Å². The van der Waals surface area contributed by atoms with Crippen LogP contribution < -0.4 is 5.32 Å². The number of aryl methyl sites for hydroxylation is 1. The van der Waals surface area contributed by atoms with Gasteiger partial charge < -0.3 is 9.88 Å².